The summed E-state index contributed by atoms with van der Waals surface area (Å²) in [5.74, 6) is 0.767. The van der Waals surface area contributed by atoms with E-state index in [4.69, 9.17) is 5.73 Å². The molecular formula is C12H19ClN2OS. The molecule has 1 aromatic rings. The van der Waals surface area contributed by atoms with Crippen LogP contribution in [0.3, 0.4) is 0 Å². The number of hydrogen-bond acceptors (Lipinski definition) is 3. The van der Waals surface area contributed by atoms with E-state index < -0.39 is 0 Å². The van der Waals surface area contributed by atoms with E-state index in [2.05, 4.69) is 16.8 Å². The summed E-state index contributed by atoms with van der Waals surface area (Å²) in [7, 11) is 0. The normalized spacial score (nSPS) is 16.1. The molecule has 0 radical (unpaired) electrons. The maximum absolute atomic E-state index is 11.7. The Labute approximate surface area is 112 Å². The first kappa shape index (κ1) is 14.5. The van der Waals surface area contributed by atoms with E-state index in [1.807, 2.05) is 5.38 Å². The van der Waals surface area contributed by atoms with Gasteiger partial charge in [-0.2, -0.15) is 11.3 Å². The van der Waals surface area contributed by atoms with E-state index in [1.54, 1.807) is 11.3 Å². The number of nitrogens with two attached hydrogens (primary N) is 1. The van der Waals surface area contributed by atoms with Crippen molar-refractivity contribution >= 4 is 29.7 Å². The number of carbonyl (C=O) groups is 1. The van der Waals surface area contributed by atoms with Crippen molar-refractivity contribution < 1.29 is 4.79 Å². The molecule has 1 saturated carbocycles. The zero-order valence-electron chi connectivity index (χ0n) is 9.72. The van der Waals surface area contributed by atoms with Gasteiger partial charge in [0.15, 0.2) is 0 Å². The Hall–Kier alpha value is -0.580. The Bertz CT molecular complexity index is 338. The van der Waals surface area contributed by atoms with E-state index in [0.717, 1.165) is 6.42 Å². The Morgan fingerprint density at radius 3 is 2.88 bits per heavy atom. The number of halogens is 1. The molecule has 0 aromatic carbocycles. The lowest BCUT2D eigenvalue weighted by molar-refractivity contribution is -0.121. The van der Waals surface area contributed by atoms with Crippen molar-refractivity contribution in [1.29, 1.82) is 0 Å². The minimum absolute atomic E-state index is 0. The third-order valence-electron chi connectivity index (χ3n) is 3.01. The van der Waals surface area contributed by atoms with Gasteiger partial charge in [-0.15, -0.1) is 12.4 Å². The Balaban J connectivity index is 0.00000144. The molecule has 1 heterocycles. The number of thiophene rings is 1. The first-order chi connectivity index (χ1) is 7.79. The highest BCUT2D eigenvalue weighted by Crippen LogP contribution is 2.32. The van der Waals surface area contributed by atoms with Crippen molar-refractivity contribution in [3.8, 4) is 0 Å². The maximum atomic E-state index is 11.7. The quantitative estimate of drug-likeness (QED) is 0.833. The van der Waals surface area contributed by atoms with Crippen molar-refractivity contribution in [3.63, 3.8) is 0 Å². The molecule has 0 bridgehead atoms. The van der Waals surface area contributed by atoms with Crippen LogP contribution in [0.1, 0.15) is 24.8 Å². The van der Waals surface area contributed by atoms with E-state index in [-0.39, 0.29) is 24.4 Å². The van der Waals surface area contributed by atoms with Crippen molar-refractivity contribution in [2.45, 2.75) is 31.7 Å². The van der Waals surface area contributed by atoms with Crippen molar-refractivity contribution in [2.24, 2.45) is 11.7 Å². The first-order valence-electron chi connectivity index (χ1n) is 5.80. The molecule has 1 unspecified atom stereocenters. The number of nitrogens with one attached hydrogen (secondary N) is 1. The summed E-state index contributed by atoms with van der Waals surface area (Å²) < 4.78 is 0. The summed E-state index contributed by atoms with van der Waals surface area (Å²) in [6.45, 7) is 0.564. The van der Waals surface area contributed by atoms with Gasteiger partial charge in [0.2, 0.25) is 5.91 Å². The average molecular weight is 275 g/mol. The SMILES string of the molecule is Cl.NCC(NC(=O)CCc1ccsc1)C1CC1. The number of carbonyl (C=O) groups excluding carboxylic acids is 1. The summed E-state index contributed by atoms with van der Waals surface area (Å²) in [5, 5.41) is 7.16. The molecule has 3 N–H and O–H groups in total. The molecule has 0 saturated heterocycles. The van der Waals surface area contributed by atoms with Crippen LogP contribution in [0.4, 0.5) is 0 Å². The zero-order chi connectivity index (χ0) is 11.4. The van der Waals surface area contributed by atoms with Crippen LogP contribution in [0, 0.1) is 5.92 Å². The third-order valence-corrected chi connectivity index (χ3v) is 3.74. The lowest BCUT2D eigenvalue weighted by Crippen LogP contribution is -2.41. The molecule has 1 atom stereocenters. The second-order valence-corrected chi connectivity index (χ2v) is 5.16. The molecule has 2 rings (SSSR count). The highest BCUT2D eigenvalue weighted by molar-refractivity contribution is 7.07. The van der Waals surface area contributed by atoms with E-state index in [9.17, 15) is 4.79 Å². The van der Waals surface area contributed by atoms with Gasteiger partial charge >= 0.3 is 0 Å². The number of aryl methyl sites for hydroxylation is 1. The lowest BCUT2D eigenvalue weighted by atomic mass is 10.1. The zero-order valence-corrected chi connectivity index (χ0v) is 11.4. The van der Waals surface area contributed by atoms with Crippen LogP contribution in [0.25, 0.3) is 0 Å². The molecule has 96 valence electrons. The molecular weight excluding hydrogens is 256 g/mol. The smallest absolute Gasteiger partial charge is 0.220 e. The van der Waals surface area contributed by atoms with Gasteiger partial charge in [-0.05, 0) is 47.6 Å². The summed E-state index contributed by atoms with van der Waals surface area (Å²) in [6, 6.07) is 2.27. The summed E-state index contributed by atoms with van der Waals surface area (Å²) in [6.07, 6.45) is 3.83. The largest absolute Gasteiger partial charge is 0.352 e. The summed E-state index contributed by atoms with van der Waals surface area (Å²) in [5.41, 5.74) is 6.89. The molecule has 0 spiro atoms. The van der Waals surface area contributed by atoms with E-state index >= 15 is 0 Å². The van der Waals surface area contributed by atoms with Crippen LogP contribution in [0.5, 0.6) is 0 Å². The van der Waals surface area contributed by atoms with Gasteiger partial charge in [0.05, 0.1) is 0 Å². The van der Waals surface area contributed by atoms with E-state index in [1.165, 1.54) is 18.4 Å². The van der Waals surface area contributed by atoms with Crippen LogP contribution >= 0.6 is 23.7 Å². The van der Waals surface area contributed by atoms with Gasteiger partial charge in [-0.25, -0.2) is 0 Å². The van der Waals surface area contributed by atoms with Gasteiger partial charge < -0.3 is 11.1 Å². The molecule has 1 amide bonds. The van der Waals surface area contributed by atoms with Gasteiger partial charge in [-0.3, -0.25) is 4.79 Å². The van der Waals surface area contributed by atoms with Crippen molar-refractivity contribution in [3.05, 3.63) is 22.4 Å². The third kappa shape index (κ3) is 4.66. The summed E-state index contributed by atoms with van der Waals surface area (Å²) in [4.78, 5) is 11.7. The molecule has 1 aliphatic carbocycles. The predicted molar refractivity (Wildman–Crippen MR) is 73.6 cm³/mol. The van der Waals surface area contributed by atoms with Gasteiger partial charge in [0.1, 0.15) is 0 Å². The van der Waals surface area contributed by atoms with Crippen LogP contribution in [-0.2, 0) is 11.2 Å². The molecule has 5 heteroatoms. The van der Waals surface area contributed by atoms with Crippen LogP contribution in [0.2, 0.25) is 0 Å². The van der Waals surface area contributed by atoms with Crippen LogP contribution in [0.15, 0.2) is 16.8 Å². The highest BCUT2D eigenvalue weighted by atomic mass is 35.5. The van der Waals surface area contributed by atoms with E-state index in [0.29, 0.717) is 18.9 Å². The highest BCUT2D eigenvalue weighted by Gasteiger charge is 2.30. The predicted octanol–water partition coefficient (Wildman–Crippen LogP) is 1.96. The van der Waals surface area contributed by atoms with Crippen molar-refractivity contribution in [2.75, 3.05) is 6.54 Å². The van der Waals surface area contributed by atoms with Gasteiger partial charge in [-0.1, -0.05) is 0 Å². The monoisotopic (exact) mass is 274 g/mol. The second-order valence-electron chi connectivity index (χ2n) is 4.38. The molecule has 0 aliphatic heterocycles. The number of hydrogen-bond donors (Lipinski definition) is 2. The Kier molecular flexibility index (Phi) is 5.95. The van der Waals surface area contributed by atoms with Crippen LogP contribution < -0.4 is 11.1 Å². The summed E-state index contributed by atoms with van der Waals surface area (Å²) >= 11 is 1.67. The lowest BCUT2D eigenvalue weighted by Gasteiger charge is -2.15. The Morgan fingerprint density at radius 1 is 1.59 bits per heavy atom. The standard InChI is InChI=1S/C12H18N2OS.ClH/c13-7-11(10-2-3-10)14-12(15)4-1-9-5-6-16-8-9;/h5-6,8,10-11H,1-4,7,13H2,(H,14,15);1H. The van der Waals surface area contributed by atoms with Crippen LogP contribution in [-0.4, -0.2) is 18.5 Å². The number of rotatable bonds is 6. The maximum Gasteiger partial charge on any atom is 0.220 e. The fraction of sp³-hybridized carbons (Fsp3) is 0.583. The van der Waals surface area contributed by atoms with Gasteiger partial charge in [0, 0.05) is 19.0 Å². The molecule has 1 aromatic heterocycles. The molecule has 1 fully saturated rings. The second kappa shape index (κ2) is 6.99. The fourth-order valence-corrected chi connectivity index (χ4v) is 2.54. The van der Waals surface area contributed by atoms with Crippen molar-refractivity contribution in [1.82, 2.24) is 5.32 Å². The molecule has 1 aliphatic rings. The average Bonchev–Trinajstić information content (AvgIpc) is 3.00. The minimum atomic E-state index is 0. The molecule has 3 nitrogen and oxygen atoms in total. The minimum Gasteiger partial charge on any atom is -0.352 e. The Morgan fingerprint density at radius 2 is 2.35 bits per heavy atom. The topological polar surface area (TPSA) is 55.1 Å². The molecule has 17 heavy (non-hydrogen) atoms. The first-order valence-corrected chi connectivity index (χ1v) is 6.74. The van der Waals surface area contributed by atoms with Gasteiger partial charge in [0.25, 0.3) is 0 Å². The number of amides is 1. The fourth-order valence-electron chi connectivity index (χ4n) is 1.84.